The number of halogens is 1. The number of aromatic nitrogens is 2. The van der Waals surface area contributed by atoms with E-state index in [9.17, 15) is 0 Å². The molecular formula is C16H26ClN3. The molecule has 1 N–H and O–H groups in total. The van der Waals surface area contributed by atoms with Gasteiger partial charge in [0.2, 0.25) is 0 Å². The van der Waals surface area contributed by atoms with E-state index in [1.807, 2.05) is 11.7 Å². The molecule has 0 amide bonds. The van der Waals surface area contributed by atoms with Crippen LogP contribution >= 0.6 is 11.6 Å². The molecule has 1 heterocycles. The number of aryl methyl sites for hydroxylation is 2. The van der Waals surface area contributed by atoms with Gasteiger partial charge in [-0.15, -0.1) is 0 Å². The summed E-state index contributed by atoms with van der Waals surface area (Å²) in [5.74, 6) is 2.84. The third-order valence-electron chi connectivity index (χ3n) is 5.32. The maximum Gasteiger partial charge on any atom is 0.0850 e. The Kier molecular flexibility index (Phi) is 4.09. The summed E-state index contributed by atoms with van der Waals surface area (Å²) in [4.78, 5) is 0. The maximum absolute atomic E-state index is 6.51. The topological polar surface area (TPSA) is 29.9 Å². The third kappa shape index (κ3) is 2.39. The van der Waals surface area contributed by atoms with Crippen molar-refractivity contribution in [1.82, 2.24) is 15.1 Å². The fourth-order valence-corrected chi connectivity index (χ4v) is 4.70. The van der Waals surface area contributed by atoms with Crippen LogP contribution in [0.5, 0.6) is 0 Å². The Morgan fingerprint density at radius 3 is 2.60 bits per heavy atom. The molecule has 2 aliphatic rings. The largest absolute Gasteiger partial charge is 0.314 e. The van der Waals surface area contributed by atoms with Crippen molar-refractivity contribution in [3.8, 4) is 0 Å². The fourth-order valence-electron chi connectivity index (χ4n) is 4.33. The smallest absolute Gasteiger partial charge is 0.0850 e. The van der Waals surface area contributed by atoms with E-state index in [0.717, 1.165) is 47.9 Å². The minimum absolute atomic E-state index is 0.577. The first-order chi connectivity index (χ1) is 9.67. The monoisotopic (exact) mass is 295 g/mol. The number of hydrogen-bond donors (Lipinski definition) is 1. The summed E-state index contributed by atoms with van der Waals surface area (Å²) in [7, 11) is 2.02. The van der Waals surface area contributed by atoms with Gasteiger partial charge in [-0.3, -0.25) is 4.68 Å². The number of likely N-dealkylation sites (N-methyl/N-ethyl adjacent to an activating group) is 1. The van der Waals surface area contributed by atoms with Crippen LogP contribution in [0, 0.1) is 17.8 Å². The number of hydrogen-bond acceptors (Lipinski definition) is 2. The first-order valence-electron chi connectivity index (χ1n) is 8.11. The van der Waals surface area contributed by atoms with Crippen LogP contribution in [0.2, 0.25) is 5.02 Å². The van der Waals surface area contributed by atoms with Crippen LogP contribution in [0.1, 0.15) is 44.5 Å². The van der Waals surface area contributed by atoms with E-state index in [1.54, 1.807) is 0 Å². The highest BCUT2D eigenvalue weighted by Gasteiger charge is 2.55. The van der Waals surface area contributed by atoms with E-state index in [2.05, 4.69) is 24.3 Å². The van der Waals surface area contributed by atoms with Gasteiger partial charge in [0.05, 0.1) is 16.4 Å². The molecule has 3 nitrogen and oxygen atoms in total. The molecular weight excluding hydrogens is 270 g/mol. The van der Waals surface area contributed by atoms with E-state index in [1.165, 1.54) is 25.0 Å². The van der Waals surface area contributed by atoms with E-state index in [0.29, 0.717) is 6.04 Å². The van der Waals surface area contributed by atoms with Gasteiger partial charge >= 0.3 is 0 Å². The number of nitrogens with one attached hydrogen (secondary N) is 1. The molecule has 3 unspecified atom stereocenters. The van der Waals surface area contributed by atoms with Crippen LogP contribution in [0.15, 0.2) is 0 Å². The zero-order valence-corrected chi connectivity index (χ0v) is 13.6. The van der Waals surface area contributed by atoms with Crippen molar-refractivity contribution in [2.75, 3.05) is 6.54 Å². The second kappa shape index (κ2) is 5.69. The summed E-state index contributed by atoms with van der Waals surface area (Å²) in [6.07, 6.45) is 6.26. The first kappa shape index (κ1) is 14.4. The van der Waals surface area contributed by atoms with Crippen LogP contribution in [0.25, 0.3) is 0 Å². The zero-order chi connectivity index (χ0) is 14.3. The van der Waals surface area contributed by atoms with E-state index >= 15 is 0 Å². The summed E-state index contributed by atoms with van der Waals surface area (Å²) >= 11 is 6.51. The normalized spacial score (nSPS) is 29.5. The average Bonchev–Trinajstić information content (AvgIpc) is 2.79. The Balaban J connectivity index is 1.75. The quantitative estimate of drug-likeness (QED) is 0.873. The lowest BCUT2D eigenvalue weighted by molar-refractivity contribution is 0.403. The Morgan fingerprint density at radius 1 is 1.35 bits per heavy atom. The minimum atomic E-state index is 0.577. The van der Waals surface area contributed by atoms with Crippen LogP contribution in [0.4, 0.5) is 0 Å². The molecule has 2 aliphatic carbocycles. The predicted octanol–water partition coefficient (Wildman–Crippen LogP) is 3.20. The average molecular weight is 296 g/mol. The van der Waals surface area contributed by atoms with Crippen LogP contribution < -0.4 is 5.32 Å². The molecule has 1 aromatic heterocycles. The van der Waals surface area contributed by atoms with Gasteiger partial charge in [-0.25, -0.2) is 0 Å². The highest BCUT2D eigenvalue weighted by Crippen LogP contribution is 2.59. The zero-order valence-electron chi connectivity index (χ0n) is 12.8. The second-order valence-corrected chi connectivity index (χ2v) is 6.77. The third-order valence-corrected chi connectivity index (χ3v) is 5.76. The molecule has 2 saturated carbocycles. The standard InChI is InChI=1S/C16H26ClN3/c1-4-12-16(17)14(20(3)19-12)9-13(18-5-2)15-10-7-6-8-11(10)15/h10-11,13,15,18H,4-9H2,1-3H3. The van der Waals surface area contributed by atoms with Gasteiger partial charge in [0.15, 0.2) is 0 Å². The van der Waals surface area contributed by atoms with Gasteiger partial charge in [0.1, 0.15) is 0 Å². The fraction of sp³-hybridized carbons (Fsp3) is 0.812. The summed E-state index contributed by atoms with van der Waals surface area (Å²) in [6.45, 7) is 5.36. The second-order valence-electron chi connectivity index (χ2n) is 6.39. The lowest BCUT2D eigenvalue weighted by atomic mass is 9.99. The Morgan fingerprint density at radius 2 is 2.05 bits per heavy atom. The summed E-state index contributed by atoms with van der Waals surface area (Å²) in [5.41, 5.74) is 2.25. The van der Waals surface area contributed by atoms with E-state index < -0.39 is 0 Å². The lowest BCUT2D eigenvalue weighted by Gasteiger charge is -2.20. The van der Waals surface area contributed by atoms with Crippen molar-refractivity contribution >= 4 is 11.6 Å². The number of nitrogens with zero attached hydrogens (tertiary/aromatic N) is 2. The van der Waals surface area contributed by atoms with Crippen molar-refractivity contribution in [3.05, 3.63) is 16.4 Å². The van der Waals surface area contributed by atoms with Gasteiger partial charge in [-0.1, -0.05) is 31.9 Å². The van der Waals surface area contributed by atoms with Gasteiger partial charge in [-0.2, -0.15) is 5.10 Å². The SMILES string of the molecule is CCNC(Cc1c(Cl)c(CC)nn1C)C1C2CCCC21. The molecule has 1 aromatic rings. The molecule has 4 heteroatoms. The van der Waals surface area contributed by atoms with Crippen molar-refractivity contribution in [2.45, 2.75) is 52.0 Å². The van der Waals surface area contributed by atoms with Gasteiger partial charge < -0.3 is 5.32 Å². The molecule has 3 rings (SSSR count). The molecule has 20 heavy (non-hydrogen) atoms. The van der Waals surface area contributed by atoms with Crippen molar-refractivity contribution < 1.29 is 0 Å². The summed E-state index contributed by atoms with van der Waals surface area (Å²) < 4.78 is 1.99. The number of rotatable bonds is 6. The molecule has 0 saturated heterocycles. The van der Waals surface area contributed by atoms with Crippen LogP contribution in [-0.2, 0) is 19.9 Å². The van der Waals surface area contributed by atoms with Crippen molar-refractivity contribution in [2.24, 2.45) is 24.8 Å². The van der Waals surface area contributed by atoms with Crippen LogP contribution in [-0.4, -0.2) is 22.4 Å². The molecule has 0 bridgehead atoms. The Labute approximate surface area is 127 Å². The number of fused-ring (bicyclic) bond motifs is 1. The van der Waals surface area contributed by atoms with E-state index in [4.69, 9.17) is 11.6 Å². The van der Waals surface area contributed by atoms with E-state index in [-0.39, 0.29) is 0 Å². The molecule has 3 atom stereocenters. The van der Waals surface area contributed by atoms with Gasteiger partial charge in [-0.05, 0) is 43.6 Å². The molecule has 0 radical (unpaired) electrons. The molecule has 112 valence electrons. The molecule has 0 aromatic carbocycles. The molecule has 2 fully saturated rings. The first-order valence-corrected chi connectivity index (χ1v) is 8.48. The van der Waals surface area contributed by atoms with Crippen LogP contribution in [0.3, 0.4) is 0 Å². The summed E-state index contributed by atoms with van der Waals surface area (Å²) in [5, 5.41) is 9.15. The summed E-state index contributed by atoms with van der Waals surface area (Å²) in [6, 6.07) is 0.577. The lowest BCUT2D eigenvalue weighted by Crippen LogP contribution is -2.35. The predicted molar refractivity (Wildman–Crippen MR) is 83.1 cm³/mol. The molecule has 0 spiro atoms. The maximum atomic E-state index is 6.51. The minimum Gasteiger partial charge on any atom is -0.314 e. The van der Waals surface area contributed by atoms with Gasteiger partial charge in [0, 0.05) is 19.5 Å². The highest BCUT2D eigenvalue weighted by atomic mass is 35.5. The Bertz CT molecular complexity index is 472. The molecule has 0 aliphatic heterocycles. The highest BCUT2D eigenvalue weighted by molar-refractivity contribution is 6.31. The van der Waals surface area contributed by atoms with Gasteiger partial charge in [0.25, 0.3) is 0 Å². The van der Waals surface area contributed by atoms with Crippen molar-refractivity contribution in [1.29, 1.82) is 0 Å². The van der Waals surface area contributed by atoms with Crippen molar-refractivity contribution in [3.63, 3.8) is 0 Å². The Hall–Kier alpha value is -0.540.